The zero-order valence-electron chi connectivity index (χ0n) is 8.47. The molecule has 1 aromatic carbocycles. The molecule has 78 valence electrons. The largest absolute Gasteiger partial charge is 0.469 e. The Labute approximate surface area is 89.2 Å². The molecule has 0 amide bonds. The Morgan fingerprint density at radius 3 is 2.53 bits per heavy atom. The second-order valence-electron chi connectivity index (χ2n) is 3.54. The molecule has 0 aliphatic carbocycles. The van der Waals surface area contributed by atoms with Gasteiger partial charge in [0, 0.05) is 6.42 Å². The first-order chi connectivity index (χ1) is 7.36. The summed E-state index contributed by atoms with van der Waals surface area (Å²) in [6, 6.07) is 13.5. The number of furan rings is 1. The van der Waals surface area contributed by atoms with E-state index in [9.17, 15) is 5.11 Å². The minimum Gasteiger partial charge on any atom is -0.469 e. The van der Waals surface area contributed by atoms with E-state index < -0.39 is 6.10 Å². The van der Waals surface area contributed by atoms with Gasteiger partial charge in [-0.25, -0.2) is 0 Å². The first-order valence-electron chi connectivity index (χ1n) is 5.11. The lowest BCUT2D eigenvalue weighted by Crippen LogP contribution is -1.98. The lowest BCUT2D eigenvalue weighted by atomic mass is 10.0. The Morgan fingerprint density at radius 1 is 1.07 bits per heavy atom. The molecular weight excluding hydrogens is 188 g/mol. The molecule has 1 aromatic heterocycles. The Bertz CT molecular complexity index is 378. The van der Waals surface area contributed by atoms with Crippen molar-refractivity contribution in [2.24, 2.45) is 0 Å². The van der Waals surface area contributed by atoms with Gasteiger partial charge in [0.1, 0.15) is 5.76 Å². The minimum absolute atomic E-state index is 0.406. The van der Waals surface area contributed by atoms with Crippen LogP contribution in [0.3, 0.4) is 0 Å². The van der Waals surface area contributed by atoms with E-state index in [0.29, 0.717) is 6.42 Å². The maximum atomic E-state index is 9.88. The fourth-order valence-corrected chi connectivity index (χ4v) is 1.58. The van der Waals surface area contributed by atoms with Crippen molar-refractivity contribution in [1.29, 1.82) is 0 Å². The fraction of sp³-hybridized carbons (Fsp3) is 0.231. The molecule has 0 aliphatic heterocycles. The first-order valence-corrected chi connectivity index (χ1v) is 5.11. The third-order valence-electron chi connectivity index (χ3n) is 2.43. The normalized spacial score (nSPS) is 12.6. The molecule has 1 atom stereocenters. The summed E-state index contributed by atoms with van der Waals surface area (Å²) < 4.78 is 5.21. The highest BCUT2D eigenvalue weighted by atomic mass is 16.3. The van der Waals surface area contributed by atoms with Gasteiger partial charge in [-0.05, 0) is 24.1 Å². The van der Waals surface area contributed by atoms with E-state index in [1.807, 2.05) is 42.5 Å². The molecule has 2 rings (SSSR count). The highest BCUT2D eigenvalue weighted by Gasteiger charge is 2.07. The maximum Gasteiger partial charge on any atom is 0.103 e. The molecule has 0 radical (unpaired) electrons. The topological polar surface area (TPSA) is 33.4 Å². The van der Waals surface area contributed by atoms with Crippen molar-refractivity contribution >= 4 is 0 Å². The van der Waals surface area contributed by atoms with Crippen LogP contribution < -0.4 is 0 Å². The number of aliphatic hydroxyl groups excluding tert-OH is 1. The van der Waals surface area contributed by atoms with Gasteiger partial charge in [0.25, 0.3) is 0 Å². The van der Waals surface area contributed by atoms with Gasteiger partial charge < -0.3 is 9.52 Å². The van der Waals surface area contributed by atoms with Crippen LogP contribution in [0.4, 0.5) is 0 Å². The smallest absolute Gasteiger partial charge is 0.103 e. The lowest BCUT2D eigenvalue weighted by molar-refractivity contribution is 0.165. The van der Waals surface area contributed by atoms with E-state index in [4.69, 9.17) is 4.42 Å². The van der Waals surface area contributed by atoms with Gasteiger partial charge in [0.2, 0.25) is 0 Å². The monoisotopic (exact) mass is 202 g/mol. The van der Waals surface area contributed by atoms with Crippen LogP contribution in [0.5, 0.6) is 0 Å². The number of hydrogen-bond donors (Lipinski definition) is 1. The number of hydrogen-bond acceptors (Lipinski definition) is 2. The molecule has 15 heavy (non-hydrogen) atoms. The van der Waals surface area contributed by atoms with Crippen LogP contribution >= 0.6 is 0 Å². The number of aliphatic hydroxyl groups is 1. The van der Waals surface area contributed by atoms with Crippen molar-refractivity contribution in [3.63, 3.8) is 0 Å². The van der Waals surface area contributed by atoms with Crippen molar-refractivity contribution in [3.8, 4) is 0 Å². The second kappa shape index (κ2) is 4.80. The Morgan fingerprint density at radius 2 is 1.87 bits per heavy atom. The molecule has 0 spiro atoms. The van der Waals surface area contributed by atoms with Gasteiger partial charge in [-0.2, -0.15) is 0 Å². The molecule has 1 unspecified atom stereocenters. The van der Waals surface area contributed by atoms with E-state index in [0.717, 1.165) is 17.7 Å². The van der Waals surface area contributed by atoms with Gasteiger partial charge in [0.05, 0.1) is 12.4 Å². The van der Waals surface area contributed by atoms with Crippen LogP contribution in [-0.4, -0.2) is 5.11 Å². The molecule has 1 heterocycles. The van der Waals surface area contributed by atoms with Gasteiger partial charge in [-0.15, -0.1) is 0 Å². The van der Waals surface area contributed by atoms with E-state index in [2.05, 4.69) is 0 Å². The van der Waals surface area contributed by atoms with Gasteiger partial charge in [-0.3, -0.25) is 0 Å². The molecule has 2 heteroatoms. The lowest BCUT2D eigenvalue weighted by Gasteiger charge is -2.09. The van der Waals surface area contributed by atoms with Crippen LogP contribution in [0.1, 0.15) is 23.8 Å². The van der Waals surface area contributed by atoms with Crippen molar-refractivity contribution in [3.05, 3.63) is 60.1 Å². The van der Waals surface area contributed by atoms with Gasteiger partial charge >= 0.3 is 0 Å². The van der Waals surface area contributed by atoms with E-state index in [1.54, 1.807) is 6.26 Å². The summed E-state index contributed by atoms with van der Waals surface area (Å²) in [4.78, 5) is 0. The predicted octanol–water partition coefficient (Wildman–Crippen LogP) is 2.95. The summed E-state index contributed by atoms with van der Waals surface area (Å²) in [6.07, 6.45) is 2.71. The summed E-state index contributed by atoms with van der Waals surface area (Å²) in [6.45, 7) is 0. The highest BCUT2D eigenvalue weighted by Crippen LogP contribution is 2.18. The summed E-state index contributed by atoms with van der Waals surface area (Å²) in [5, 5.41) is 9.88. The van der Waals surface area contributed by atoms with Crippen molar-refractivity contribution in [1.82, 2.24) is 0 Å². The van der Waals surface area contributed by atoms with Crippen LogP contribution in [0.2, 0.25) is 0 Å². The third-order valence-corrected chi connectivity index (χ3v) is 2.43. The minimum atomic E-state index is -0.406. The van der Waals surface area contributed by atoms with E-state index in [-0.39, 0.29) is 0 Å². The first kappa shape index (κ1) is 9.99. The Hall–Kier alpha value is -1.54. The van der Waals surface area contributed by atoms with Crippen LogP contribution in [0, 0.1) is 0 Å². The average Bonchev–Trinajstić information content (AvgIpc) is 2.80. The predicted molar refractivity (Wildman–Crippen MR) is 58.4 cm³/mol. The zero-order valence-corrected chi connectivity index (χ0v) is 8.47. The molecule has 0 fully saturated rings. The molecule has 2 nitrogen and oxygen atoms in total. The molecular formula is C13H14O2. The molecule has 0 saturated carbocycles. The summed E-state index contributed by atoms with van der Waals surface area (Å²) >= 11 is 0. The van der Waals surface area contributed by atoms with Gasteiger partial charge in [-0.1, -0.05) is 30.3 Å². The highest BCUT2D eigenvalue weighted by molar-refractivity contribution is 5.17. The van der Waals surface area contributed by atoms with Crippen molar-refractivity contribution < 1.29 is 9.52 Å². The van der Waals surface area contributed by atoms with Crippen LogP contribution in [-0.2, 0) is 6.42 Å². The standard InChI is InChI=1S/C13H14O2/c14-13(11-5-2-1-3-6-11)9-8-12-7-4-10-15-12/h1-7,10,13-14H,8-9H2. The summed E-state index contributed by atoms with van der Waals surface area (Å²) in [5.74, 6) is 0.921. The molecule has 2 aromatic rings. The van der Waals surface area contributed by atoms with E-state index >= 15 is 0 Å². The number of aryl methyl sites for hydroxylation is 1. The zero-order chi connectivity index (χ0) is 10.5. The molecule has 0 saturated heterocycles. The molecule has 1 N–H and O–H groups in total. The molecule has 0 aliphatic rings. The summed E-state index contributed by atoms with van der Waals surface area (Å²) in [5.41, 5.74) is 0.962. The second-order valence-corrected chi connectivity index (χ2v) is 3.54. The Balaban J connectivity index is 1.90. The third kappa shape index (κ3) is 2.70. The average molecular weight is 202 g/mol. The van der Waals surface area contributed by atoms with Crippen LogP contribution in [0.25, 0.3) is 0 Å². The van der Waals surface area contributed by atoms with Gasteiger partial charge in [0.15, 0.2) is 0 Å². The Kier molecular flexibility index (Phi) is 3.20. The summed E-state index contributed by atoms with van der Waals surface area (Å²) in [7, 11) is 0. The van der Waals surface area contributed by atoms with Crippen LogP contribution in [0.15, 0.2) is 53.1 Å². The number of benzene rings is 1. The SMILES string of the molecule is OC(CCc1ccco1)c1ccccc1. The van der Waals surface area contributed by atoms with E-state index in [1.165, 1.54) is 0 Å². The maximum absolute atomic E-state index is 9.88. The van der Waals surface area contributed by atoms with Crippen molar-refractivity contribution in [2.75, 3.05) is 0 Å². The quantitative estimate of drug-likeness (QED) is 0.826. The van der Waals surface area contributed by atoms with Crippen molar-refractivity contribution in [2.45, 2.75) is 18.9 Å². The number of rotatable bonds is 4. The molecule has 0 bridgehead atoms. The fourth-order valence-electron chi connectivity index (χ4n) is 1.58.